The fourth-order valence-corrected chi connectivity index (χ4v) is 4.12. The van der Waals surface area contributed by atoms with Crippen molar-refractivity contribution in [1.82, 2.24) is 5.32 Å². The van der Waals surface area contributed by atoms with Gasteiger partial charge in [0.05, 0.1) is 11.0 Å². The Hall–Kier alpha value is -1.21. The lowest BCUT2D eigenvalue weighted by molar-refractivity contribution is -0.0504. The Morgan fingerprint density at radius 2 is 2.10 bits per heavy atom. The van der Waals surface area contributed by atoms with Crippen LogP contribution in [0.5, 0.6) is 5.75 Å². The molecule has 1 aliphatic rings. The van der Waals surface area contributed by atoms with Crippen molar-refractivity contribution < 1.29 is 21.9 Å². The van der Waals surface area contributed by atoms with Crippen LogP contribution in [0.15, 0.2) is 24.3 Å². The molecule has 0 bridgehead atoms. The van der Waals surface area contributed by atoms with E-state index in [0.29, 0.717) is 31.5 Å². The molecule has 1 unspecified atom stereocenters. The van der Waals surface area contributed by atoms with Crippen LogP contribution in [-0.4, -0.2) is 32.6 Å². The van der Waals surface area contributed by atoms with Gasteiger partial charge in [0.2, 0.25) is 0 Å². The third-order valence-electron chi connectivity index (χ3n) is 3.34. The van der Waals surface area contributed by atoms with Crippen LogP contribution >= 0.6 is 0 Å². The summed E-state index contributed by atoms with van der Waals surface area (Å²) in [4.78, 5) is 0. The van der Waals surface area contributed by atoms with Crippen LogP contribution in [-0.2, 0) is 16.4 Å². The molecule has 0 radical (unpaired) electrons. The zero-order chi connectivity index (χ0) is 14.6. The van der Waals surface area contributed by atoms with Gasteiger partial charge in [-0.1, -0.05) is 18.2 Å². The van der Waals surface area contributed by atoms with Crippen LogP contribution < -0.4 is 10.1 Å². The van der Waals surface area contributed by atoms with Crippen molar-refractivity contribution >= 4 is 9.84 Å². The summed E-state index contributed by atoms with van der Waals surface area (Å²) < 4.78 is 52.2. The second-order valence-corrected chi connectivity index (χ2v) is 7.15. The SMILES string of the molecule is O=S1(=O)CCCC1CNCc1ccccc1OC(F)F. The monoisotopic (exact) mass is 305 g/mol. The van der Waals surface area contributed by atoms with E-state index in [1.165, 1.54) is 6.07 Å². The Morgan fingerprint density at radius 3 is 2.75 bits per heavy atom. The molecule has 1 aliphatic heterocycles. The molecule has 0 spiro atoms. The van der Waals surface area contributed by atoms with Crippen molar-refractivity contribution in [3.05, 3.63) is 29.8 Å². The number of ether oxygens (including phenoxy) is 1. The summed E-state index contributed by atoms with van der Waals surface area (Å²) in [6.07, 6.45) is 1.35. The zero-order valence-electron chi connectivity index (χ0n) is 10.9. The molecule has 1 N–H and O–H groups in total. The highest BCUT2D eigenvalue weighted by Gasteiger charge is 2.30. The first-order valence-electron chi connectivity index (χ1n) is 6.44. The van der Waals surface area contributed by atoms with Gasteiger partial charge in [0, 0.05) is 18.7 Å². The van der Waals surface area contributed by atoms with Crippen LogP contribution in [0.25, 0.3) is 0 Å². The molecule has 1 heterocycles. The number of benzene rings is 1. The van der Waals surface area contributed by atoms with Crippen LogP contribution in [0, 0.1) is 0 Å². The van der Waals surface area contributed by atoms with Gasteiger partial charge in [0.1, 0.15) is 5.75 Å². The number of rotatable bonds is 6. The molecule has 1 saturated heterocycles. The number of hydrogen-bond acceptors (Lipinski definition) is 4. The summed E-state index contributed by atoms with van der Waals surface area (Å²) in [7, 11) is -2.98. The maximum Gasteiger partial charge on any atom is 0.387 e. The van der Waals surface area contributed by atoms with Crippen LogP contribution in [0.4, 0.5) is 8.78 Å². The number of hydrogen-bond donors (Lipinski definition) is 1. The zero-order valence-corrected chi connectivity index (χ0v) is 11.7. The second-order valence-electron chi connectivity index (χ2n) is 4.75. The Balaban J connectivity index is 1.91. The predicted molar refractivity (Wildman–Crippen MR) is 71.6 cm³/mol. The fraction of sp³-hybridized carbons (Fsp3) is 0.538. The van der Waals surface area contributed by atoms with Crippen molar-refractivity contribution in [2.45, 2.75) is 31.2 Å². The Kier molecular flexibility index (Phi) is 4.93. The van der Waals surface area contributed by atoms with Gasteiger partial charge in [-0.15, -0.1) is 0 Å². The maximum atomic E-state index is 12.2. The normalized spacial score (nSPS) is 21.2. The van der Waals surface area contributed by atoms with E-state index in [-0.39, 0.29) is 16.8 Å². The summed E-state index contributed by atoms with van der Waals surface area (Å²) in [5.74, 6) is 0.356. The summed E-state index contributed by atoms with van der Waals surface area (Å²) in [5, 5.41) is 2.64. The third-order valence-corrected chi connectivity index (χ3v) is 5.61. The van der Waals surface area contributed by atoms with Gasteiger partial charge in [0.15, 0.2) is 9.84 Å². The summed E-state index contributed by atoms with van der Waals surface area (Å²) >= 11 is 0. The lowest BCUT2D eigenvalue weighted by Gasteiger charge is -2.13. The highest BCUT2D eigenvalue weighted by Crippen LogP contribution is 2.21. The van der Waals surface area contributed by atoms with Gasteiger partial charge >= 0.3 is 6.61 Å². The minimum atomic E-state index is -2.98. The second kappa shape index (κ2) is 6.49. The smallest absolute Gasteiger partial charge is 0.387 e. The molecule has 7 heteroatoms. The molecule has 1 aromatic carbocycles. The Bertz CT molecular complexity index is 548. The highest BCUT2D eigenvalue weighted by molar-refractivity contribution is 7.92. The van der Waals surface area contributed by atoms with Gasteiger partial charge in [-0.25, -0.2) is 8.42 Å². The summed E-state index contributed by atoms with van der Waals surface area (Å²) in [6.45, 7) is -2.23. The van der Waals surface area contributed by atoms with E-state index in [1.807, 2.05) is 0 Å². The molecule has 0 amide bonds. The van der Waals surface area contributed by atoms with Crippen molar-refractivity contribution in [1.29, 1.82) is 0 Å². The average molecular weight is 305 g/mol. The van der Waals surface area contributed by atoms with Crippen LogP contribution in [0.2, 0.25) is 0 Å². The number of para-hydroxylation sites is 1. The molecule has 1 aromatic rings. The van der Waals surface area contributed by atoms with Gasteiger partial charge < -0.3 is 10.1 Å². The molecule has 1 atom stereocenters. The maximum absolute atomic E-state index is 12.2. The van der Waals surface area contributed by atoms with E-state index >= 15 is 0 Å². The average Bonchev–Trinajstić information content (AvgIpc) is 2.70. The number of nitrogens with one attached hydrogen (secondary N) is 1. The van der Waals surface area contributed by atoms with Gasteiger partial charge in [-0.05, 0) is 18.9 Å². The molecule has 0 aliphatic carbocycles. The third kappa shape index (κ3) is 3.89. The largest absolute Gasteiger partial charge is 0.434 e. The van der Waals surface area contributed by atoms with E-state index in [0.717, 1.165) is 0 Å². The highest BCUT2D eigenvalue weighted by atomic mass is 32.2. The number of sulfone groups is 1. The summed E-state index contributed by atoms with van der Waals surface area (Å²) in [6, 6.07) is 6.48. The van der Waals surface area contributed by atoms with Gasteiger partial charge in [0.25, 0.3) is 0 Å². The van der Waals surface area contributed by atoms with E-state index in [1.54, 1.807) is 18.2 Å². The fourth-order valence-electron chi connectivity index (χ4n) is 2.32. The minimum Gasteiger partial charge on any atom is -0.434 e. The van der Waals surface area contributed by atoms with Gasteiger partial charge in [-0.2, -0.15) is 8.78 Å². The van der Waals surface area contributed by atoms with Gasteiger partial charge in [-0.3, -0.25) is 0 Å². The molecule has 112 valence electrons. The van der Waals surface area contributed by atoms with Crippen molar-refractivity contribution in [3.8, 4) is 5.75 Å². The molecule has 2 rings (SSSR count). The minimum absolute atomic E-state index is 0.115. The summed E-state index contributed by atoms with van der Waals surface area (Å²) in [5.41, 5.74) is 0.586. The van der Waals surface area contributed by atoms with E-state index in [9.17, 15) is 17.2 Å². The molecule has 0 saturated carbocycles. The quantitative estimate of drug-likeness (QED) is 0.873. The lowest BCUT2D eigenvalue weighted by atomic mass is 10.2. The number of halogens is 2. The first kappa shape index (κ1) is 15.2. The first-order valence-corrected chi connectivity index (χ1v) is 8.15. The van der Waals surface area contributed by atoms with E-state index in [4.69, 9.17) is 0 Å². The Morgan fingerprint density at radius 1 is 1.35 bits per heavy atom. The molecular weight excluding hydrogens is 288 g/mol. The predicted octanol–water partition coefficient (Wildman–Crippen LogP) is 1.95. The van der Waals surface area contributed by atoms with Crippen molar-refractivity contribution in [2.75, 3.05) is 12.3 Å². The van der Waals surface area contributed by atoms with E-state index < -0.39 is 16.4 Å². The lowest BCUT2D eigenvalue weighted by Crippen LogP contribution is -2.30. The Labute approximate surface area is 117 Å². The molecule has 4 nitrogen and oxygen atoms in total. The molecular formula is C13H17F2NO3S. The topological polar surface area (TPSA) is 55.4 Å². The molecule has 20 heavy (non-hydrogen) atoms. The standard InChI is InChI=1S/C13H17F2NO3S/c14-13(15)19-12-6-2-1-4-10(12)8-16-9-11-5-3-7-20(11,17)18/h1-2,4,6,11,13,16H,3,5,7-9H2. The first-order chi connectivity index (χ1) is 9.49. The van der Waals surface area contributed by atoms with Crippen molar-refractivity contribution in [2.24, 2.45) is 0 Å². The van der Waals surface area contributed by atoms with E-state index in [2.05, 4.69) is 10.1 Å². The number of alkyl halides is 2. The van der Waals surface area contributed by atoms with Crippen LogP contribution in [0.3, 0.4) is 0 Å². The molecule has 1 fully saturated rings. The molecule has 0 aromatic heterocycles. The van der Waals surface area contributed by atoms with Crippen molar-refractivity contribution in [3.63, 3.8) is 0 Å². The van der Waals surface area contributed by atoms with Crippen LogP contribution in [0.1, 0.15) is 18.4 Å².